The van der Waals surface area contributed by atoms with Gasteiger partial charge in [0.15, 0.2) is 5.79 Å². The second kappa shape index (κ2) is 16.6. The third-order valence-electron chi connectivity index (χ3n) is 8.04. The van der Waals surface area contributed by atoms with E-state index in [1.54, 1.807) is 7.11 Å². The van der Waals surface area contributed by atoms with E-state index in [0.717, 1.165) is 22.3 Å². The maximum absolute atomic E-state index is 10.2. The minimum Gasteiger partial charge on any atom is -0.396 e. The topological polar surface area (TPSA) is 78.4 Å². The van der Waals surface area contributed by atoms with Crippen molar-refractivity contribution in [2.45, 2.75) is 62.9 Å². The lowest BCUT2D eigenvalue weighted by atomic mass is 9.92. The molecular weight excluding hydrogens is 554 g/mol. The summed E-state index contributed by atoms with van der Waals surface area (Å²) in [6, 6.07) is 39.9. The number of benzene rings is 4. The first kappa shape index (κ1) is 32.0. The molecule has 0 spiro atoms. The molecule has 4 aromatic carbocycles. The van der Waals surface area contributed by atoms with Crippen molar-refractivity contribution >= 4 is 0 Å². The standard InChI is InChI=1S/C37H43NO6/c1-40-37(22-23-39)36(38-24-29-14-6-2-7-15-29)35(43-27-32-20-12-5-13-21-32)34(42-26-31-18-10-4-11-19-31)33(28-44-37)41-25-30-16-8-3-9-17-30/h2-21,33-36,38-39H,22-28H2,1H3/t33-,34-,35-,36+,37+/m1/s1. The van der Waals surface area contributed by atoms with Crippen molar-refractivity contribution in [2.24, 2.45) is 0 Å². The van der Waals surface area contributed by atoms with Crippen LogP contribution >= 0.6 is 0 Å². The first-order valence-corrected chi connectivity index (χ1v) is 15.2. The van der Waals surface area contributed by atoms with Gasteiger partial charge in [-0.3, -0.25) is 0 Å². The summed E-state index contributed by atoms with van der Waals surface area (Å²) in [7, 11) is 1.62. The van der Waals surface area contributed by atoms with Crippen molar-refractivity contribution in [3.8, 4) is 0 Å². The summed E-state index contributed by atoms with van der Waals surface area (Å²) in [6.07, 6.45) is -1.36. The van der Waals surface area contributed by atoms with Gasteiger partial charge in [-0.1, -0.05) is 121 Å². The number of aliphatic hydroxyl groups is 1. The Labute approximate surface area is 260 Å². The van der Waals surface area contributed by atoms with E-state index < -0.39 is 30.1 Å². The second-order valence-corrected chi connectivity index (χ2v) is 11.0. The Balaban J connectivity index is 1.52. The van der Waals surface area contributed by atoms with Gasteiger partial charge in [0.2, 0.25) is 0 Å². The molecule has 2 N–H and O–H groups in total. The quantitative estimate of drug-likeness (QED) is 0.183. The molecule has 0 unspecified atom stereocenters. The summed E-state index contributed by atoms with van der Waals surface area (Å²) in [4.78, 5) is 0. The Morgan fingerprint density at radius 2 is 1.11 bits per heavy atom. The Bertz CT molecular complexity index is 1340. The summed E-state index contributed by atoms with van der Waals surface area (Å²) in [6.45, 7) is 1.70. The number of aliphatic hydroxyl groups excluding tert-OH is 1. The highest BCUT2D eigenvalue weighted by molar-refractivity contribution is 5.17. The van der Waals surface area contributed by atoms with Gasteiger partial charge in [-0.05, 0) is 22.3 Å². The molecule has 1 aliphatic heterocycles. The molecule has 7 heteroatoms. The maximum Gasteiger partial charge on any atom is 0.188 e. The summed E-state index contributed by atoms with van der Waals surface area (Å²) in [5.41, 5.74) is 4.23. The van der Waals surface area contributed by atoms with Crippen LogP contribution in [0.4, 0.5) is 0 Å². The van der Waals surface area contributed by atoms with Gasteiger partial charge in [0, 0.05) is 26.7 Å². The molecule has 232 valence electrons. The van der Waals surface area contributed by atoms with Crippen LogP contribution in [-0.4, -0.2) is 55.6 Å². The predicted octanol–water partition coefficient (Wildman–Crippen LogP) is 5.66. The van der Waals surface area contributed by atoms with Gasteiger partial charge in [0.25, 0.3) is 0 Å². The van der Waals surface area contributed by atoms with E-state index in [4.69, 9.17) is 23.7 Å². The highest BCUT2D eigenvalue weighted by Crippen LogP contribution is 2.35. The smallest absolute Gasteiger partial charge is 0.188 e. The highest BCUT2D eigenvalue weighted by atomic mass is 16.7. The fourth-order valence-corrected chi connectivity index (χ4v) is 5.67. The normalized spacial score (nSPS) is 23.7. The highest BCUT2D eigenvalue weighted by Gasteiger charge is 2.53. The van der Waals surface area contributed by atoms with E-state index in [9.17, 15) is 5.11 Å². The molecule has 0 amide bonds. The first-order valence-electron chi connectivity index (χ1n) is 15.2. The number of hydrogen-bond acceptors (Lipinski definition) is 7. The zero-order valence-corrected chi connectivity index (χ0v) is 25.3. The molecule has 7 nitrogen and oxygen atoms in total. The van der Waals surface area contributed by atoms with E-state index in [0.29, 0.717) is 26.4 Å². The lowest BCUT2D eigenvalue weighted by Crippen LogP contribution is -2.62. The molecule has 1 aliphatic rings. The van der Waals surface area contributed by atoms with Crippen molar-refractivity contribution in [1.29, 1.82) is 0 Å². The molecule has 1 fully saturated rings. The van der Waals surface area contributed by atoms with Gasteiger partial charge in [-0.25, -0.2) is 0 Å². The third-order valence-corrected chi connectivity index (χ3v) is 8.04. The van der Waals surface area contributed by atoms with E-state index in [2.05, 4.69) is 17.4 Å². The van der Waals surface area contributed by atoms with Crippen LogP contribution in [0, 0.1) is 0 Å². The minimum absolute atomic E-state index is 0.131. The van der Waals surface area contributed by atoms with Crippen molar-refractivity contribution in [3.05, 3.63) is 144 Å². The predicted molar refractivity (Wildman–Crippen MR) is 170 cm³/mol. The molecule has 0 aromatic heterocycles. The third kappa shape index (κ3) is 8.61. The molecule has 1 saturated heterocycles. The second-order valence-electron chi connectivity index (χ2n) is 11.0. The number of methoxy groups -OCH3 is 1. The van der Waals surface area contributed by atoms with Gasteiger partial charge in [-0.15, -0.1) is 0 Å². The van der Waals surface area contributed by atoms with Gasteiger partial charge in [-0.2, -0.15) is 0 Å². The van der Waals surface area contributed by atoms with Crippen LogP contribution in [0.5, 0.6) is 0 Å². The van der Waals surface area contributed by atoms with Crippen LogP contribution in [0.15, 0.2) is 121 Å². The summed E-state index contributed by atoms with van der Waals surface area (Å²) in [5.74, 6) is -1.20. The van der Waals surface area contributed by atoms with Gasteiger partial charge in [0.1, 0.15) is 18.3 Å². The molecule has 5 atom stereocenters. The molecular formula is C37H43NO6. The first-order chi connectivity index (χ1) is 21.7. The maximum atomic E-state index is 10.2. The summed E-state index contributed by atoms with van der Waals surface area (Å²) >= 11 is 0. The van der Waals surface area contributed by atoms with Crippen LogP contribution in [0.25, 0.3) is 0 Å². The van der Waals surface area contributed by atoms with E-state index >= 15 is 0 Å². The molecule has 0 aliphatic carbocycles. The number of ether oxygens (including phenoxy) is 5. The van der Waals surface area contributed by atoms with Gasteiger partial charge < -0.3 is 34.1 Å². The molecule has 5 rings (SSSR count). The zero-order valence-electron chi connectivity index (χ0n) is 25.3. The molecule has 0 saturated carbocycles. The SMILES string of the molecule is CO[C@@]1(CCO)OC[C@@H](OCc2ccccc2)[C@@H](OCc2ccccc2)[C@@H](OCc2ccccc2)[C@@H]1NCc1ccccc1. The Kier molecular flexibility index (Phi) is 12.1. The molecule has 0 bridgehead atoms. The molecule has 44 heavy (non-hydrogen) atoms. The van der Waals surface area contributed by atoms with Crippen molar-refractivity contribution in [3.63, 3.8) is 0 Å². The summed E-state index contributed by atoms with van der Waals surface area (Å²) < 4.78 is 33.0. The van der Waals surface area contributed by atoms with E-state index in [1.165, 1.54) is 0 Å². The average Bonchev–Trinajstić information content (AvgIpc) is 3.20. The van der Waals surface area contributed by atoms with E-state index in [1.807, 2.05) is 109 Å². The molecule has 4 aromatic rings. The van der Waals surface area contributed by atoms with Crippen LogP contribution in [0.2, 0.25) is 0 Å². The van der Waals surface area contributed by atoms with Crippen molar-refractivity contribution in [2.75, 3.05) is 20.3 Å². The Hall–Kier alpha value is -3.40. The largest absolute Gasteiger partial charge is 0.396 e. The van der Waals surface area contributed by atoms with Crippen LogP contribution in [0.3, 0.4) is 0 Å². The Morgan fingerprint density at radius 3 is 1.59 bits per heavy atom. The minimum atomic E-state index is -1.20. The lowest BCUT2D eigenvalue weighted by Gasteiger charge is -2.42. The van der Waals surface area contributed by atoms with Crippen LogP contribution in [0.1, 0.15) is 28.7 Å². The number of nitrogens with one attached hydrogen (secondary N) is 1. The fraction of sp³-hybridized carbons (Fsp3) is 0.351. The van der Waals surface area contributed by atoms with E-state index in [-0.39, 0.29) is 19.6 Å². The van der Waals surface area contributed by atoms with Crippen molar-refractivity contribution < 1.29 is 28.8 Å². The van der Waals surface area contributed by atoms with Crippen LogP contribution < -0.4 is 5.32 Å². The lowest BCUT2D eigenvalue weighted by molar-refractivity contribution is -0.259. The zero-order chi connectivity index (χ0) is 30.5. The summed E-state index contributed by atoms with van der Waals surface area (Å²) in [5, 5.41) is 13.9. The Morgan fingerprint density at radius 1 is 0.659 bits per heavy atom. The van der Waals surface area contributed by atoms with Gasteiger partial charge >= 0.3 is 0 Å². The average molecular weight is 598 g/mol. The monoisotopic (exact) mass is 597 g/mol. The van der Waals surface area contributed by atoms with Gasteiger partial charge in [0.05, 0.1) is 32.5 Å². The fourth-order valence-electron chi connectivity index (χ4n) is 5.67. The molecule has 1 heterocycles. The van der Waals surface area contributed by atoms with Crippen molar-refractivity contribution in [1.82, 2.24) is 5.32 Å². The van der Waals surface area contributed by atoms with Crippen LogP contribution in [-0.2, 0) is 50.0 Å². The molecule has 0 radical (unpaired) electrons. The number of rotatable bonds is 15. The number of hydrogen-bond donors (Lipinski definition) is 2.